The molecule has 1 atom stereocenters. The number of pyridine rings is 1. The monoisotopic (exact) mass is 323 g/mol. The summed E-state index contributed by atoms with van der Waals surface area (Å²) in [5.41, 5.74) is 3.54. The average Bonchev–Trinajstić information content (AvgIpc) is 2.86. The molecule has 7 heteroatoms. The van der Waals surface area contributed by atoms with Gasteiger partial charge in [0.15, 0.2) is 0 Å². The minimum Gasteiger partial charge on any atom is -0.487 e. The van der Waals surface area contributed by atoms with Crippen LogP contribution in [0.15, 0.2) is 16.9 Å². The Balaban J connectivity index is 2.02. The fraction of sp³-hybridized carbons (Fsp3) is 0.400. The van der Waals surface area contributed by atoms with Crippen molar-refractivity contribution in [2.24, 2.45) is 0 Å². The second kappa shape index (κ2) is 5.10. The maximum Gasteiger partial charge on any atom is 0.264 e. The summed E-state index contributed by atoms with van der Waals surface area (Å²) >= 11 is 0. The Hall–Kier alpha value is -1.86. The highest BCUT2D eigenvalue weighted by Gasteiger charge is 2.29. The average molecular weight is 323 g/mol. The molecular weight excluding hydrogens is 306 g/mol. The van der Waals surface area contributed by atoms with Crippen LogP contribution in [0.25, 0.3) is 10.9 Å². The van der Waals surface area contributed by atoms with Crippen molar-refractivity contribution >= 4 is 21.0 Å². The first-order chi connectivity index (χ1) is 10.3. The van der Waals surface area contributed by atoms with E-state index in [0.717, 1.165) is 39.6 Å². The molecule has 0 saturated heterocycles. The van der Waals surface area contributed by atoms with Gasteiger partial charge in [-0.15, -0.1) is 0 Å². The number of hydrogen-bond donors (Lipinski definition) is 1. The van der Waals surface area contributed by atoms with Crippen LogP contribution < -0.4 is 10.3 Å². The number of aromatic nitrogens is 1. The van der Waals surface area contributed by atoms with E-state index < -0.39 is 10.1 Å². The first-order valence-corrected chi connectivity index (χ1v) is 8.74. The maximum atomic E-state index is 11.6. The lowest BCUT2D eigenvalue weighted by atomic mass is 9.96. The zero-order valence-electron chi connectivity index (χ0n) is 12.6. The fourth-order valence-electron chi connectivity index (χ4n) is 2.89. The van der Waals surface area contributed by atoms with Crippen LogP contribution in [0, 0.1) is 13.8 Å². The van der Waals surface area contributed by atoms with Gasteiger partial charge >= 0.3 is 0 Å². The molecule has 0 spiro atoms. The first kappa shape index (κ1) is 15.1. The van der Waals surface area contributed by atoms with Gasteiger partial charge in [0.05, 0.1) is 11.8 Å². The van der Waals surface area contributed by atoms with E-state index in [-0.39, 0.29) is 18.3 Å². The standard InChI is InChI=1S/C15H17NO5S/c1-8-12-6-10(7-20-22(3,18)19)21-15(12)9(2)11-4-5-13(17)16-14(8)11/h4-5,10H,6-7H2,1-3H3,(H,16,17). The number of fused-ring (bicyclic) bond motifs is 2. The van der Waals surface area contributed by atoms with Crippen molar-refractivity contribution in [2.75, 3.05) is 12.9 Å². The SMILES string of the molecule is Cc1c2c(c(C)c3[nH]c(=O)ccc13)CC(COS(C)(=O)=O)O2. The molecule has 0 bridgehead atoms. The molecule has 1 aromatic carbocycles. The lowest BCUT2D eigenvalue weighted by Crippen LogP contribution is -2.22. The molecule has 1 aliphatic heterocycles. The molecule has 2 heterocycles. The Labute approximate surface area is 128 Å². The summed E-state index contributed by atoms with van der Waals surface area (Å²) in [4.78, 5) is 14.4. The summed E-state index contributed by atoms with van der Waals surface area (Å²) in [6.45, 7) is 3.84. The first-order valence-electron chi connectivity index (χ1n) is 6.92. The minimum atomic E-state index is -3.49. The van der Waals surface area contributed by atoms with Gasteiger partial charge < -0.3 is 9.72 Å². The molecular formula is C15H17NO5S. The molecule has 0 aliphatic carbocycles. The zero-order chi connectivity index (χ0) is 16.1. The van der Waals surface area contributed by atoms with Gasteiger partial charge in [-0.2, -0.15) is 8.42 Å². The third-order valence-corrected chi connectivity index (χ3v) is 4.51. The lowest BCUT2D eigenvalue weighted by Gasteiger charge is -2.12. The van der Waals surface area contributed by atoms with Crippen LogP contribution in [-0.2, 0) is 20.7 Å². The van der Waals surface area contributed by atoms with Crippen LogP contribution in [0.2, 0.25) is 0 Å². The third kappa shape index (κ3) is 2.62. The maximum absolute atomic E-state index is 11.6. The Morgan fingerprint density at radius 2 is 2.05 bits per heavy atom. The highest BCUT2D eigenvalue weighted by molar-refractivity contribution is 7.85. The number of aromatic amines is 1. The summed E-state index contributed by atoms with van der Waals surface area (Å²) < 4.78 is 32.9. The Bertz CT molecular complexity index is 914. The summed E-state index contributed by atoms with van der Waals surface area (Å²) in [5, 5.41) is 0.931. The van der Waals surface area contributed by atoms with Gasteiger partial charge in [-0.1, -0.05) is 0 Å². The van der Waals surface area contributed by atoms with Gasteiger partial charge in [-0.3, -0.25) is 8.98 Å². The topological polar surface area (TPSA) is 85.5 Å². The van der Waals surface area contributed by atoms with E-state index in [1.807, 2.05) is 13.8 Å². The van der Waals surface area contributed by atoms with E-state index in [4.69, 9.17) is 8.92 Å². The lowest BCUT2D eigenvalue weighted by molar-refractivity contribution is 0.152. The molecule has 22 heavy (non-hydrogen) atoms. The van der Waals surface area contributed by atoms with Crippen molar-refractivity contribution in [3.05, 3.63) is 39.2 Å². The molecule has 0 amide bonds. The smallest absolute Gasteiger partial charge is 0.264 e. The van der Waals surface area contributed by atoms with Crippen LogP contribution in [0.4, 0.5) is 0 Å². The van der Waals surface area contributed by atoms with Crippen LogP contribution in [0.5, 0.6) is 5.75 Å². The molecule has 2 aromatic rings. The number of hydrogen-bond acceptors (Lipinski definition) is 5. The van der Waals surface area contributed by atoms with Crippen molar-refractivity contribution in [1.82, 2.24) is 4.98 Å². The van der Waals surface area contributed by atoms with Gasteiger partial charge in [0.1, 0.15) is 18.5 Å². The normalized spacial score (nSPS) is 17.5. The van der Waals surface area contributed by atoms with Crippen molar-refractivity contribution in [1.29, 1.82) is 0 Å². The van der Waals surface area contributed by atoms with Crippen molar-refractivity contribution in [3.63, 3.8) is 0 Å². The van der Waals surface area contributed by atoms with E-state index in [1.165, 1.54) is 6.07 Å². The van der Waals surface area contributed by atoms with Crippen molar-refractivity contribution in [2.45, 2.75) is 26.4 Å². The van der Waals surface area contributed by atoms with E-state index >= 15 is 0 Å². The summed E-state index contributed by atoms with van der Waals surface area (Å²) in [5.74, 6) is 0.763. The highest BCUT2D eigenvalue weighted by Crippen LogP contribution is 2.39. The molecule has 0 fully saturated rings. The van der Waals surface area contributed by atoms with Gasteiger partial charge in [-0.25, -0.2) is 0 Å². The quantitative estimate of drug-likeness (QED) is 0.864. The minimum absolute atomic E-state index is 0.0146. The third-order valence-electron chi connectivity index (χ3n) is 3.95. The van der Waals surface area contributed by atoms with Crippen LogP contribution in [0.3, 0.4) is 0 Å². The fourth-order valence-corrected chi connectivity index (χ4v) is 3.29. The summed E-state index contributed by atoms with van der Waals surface area (Å²) in [6, 6.07) is 3.26. The largest absolute Gasteiger partial charge is 0.487 e. The molecule has 118 valence electrons. The zero-order valence-corrected chi connectivity index (χ0v) is 13.4. The Kier molecular flexibility index (Phi) is 3.49. The highest BCUT2D eigenvalue weighted by atomic mass is 32.2. The van der Waals surface area contributed by atoms with E-state index in [0.29, 0.717) is 6.42 Å². The van der Waals surface area contributed by atoms with Crippen molar-refractivity contribution in [3.8, 4) is 5.75 Å². The molecule has 3 rings (SSSR count). The number of benzene rings is 1. The number of ether oxygens (including phenoxy) is 1. The molecule has 0 saturated carbocycles. The molecule has 1 aromatic heterocycles. The molecule has 6 nitrogen and oxygen atoms in total. The second-order valence-electron chi connectivity index (χ2n) is 5.60. The Morgan fingerprint density at radius 3 is 2.73 bits per heavy atom. The van der Waals surface area contributed by atoms with Crippen LogP contribution >= 0.6 is 0 Å². The van der Waals surface area contributed by atoms with Crippen molar-refractivity contribution < 1.29 is 17.3 Å². The summed E-state index contributed by atoms with van der Waals surface area (Å²) in [7, 11) is -3.49. The van der Waals surface area contributed by atoms with E-state index in [9.17, 15) is 13.2 Å². The van der Waals surface area contributed by atoms with Crippen LogP contribution in [0.1, 0.15) is 16.7 Å². The van der Waals surface area contributed by atoms with E-state index in [1.54, 1.807) is 6.07 Å². The number of nitrogens with one attached hydrogen (secondary N) is 1. The molecule has 1 unspecified atom stereocenters. The van der Waals surface area contributed by atoms with Gasteiger partial charge in [0, 0.05) is 29.0 Å². The van der Waals surface area contributed by atoms with Crippen LogP contribution in [-0.4, -0.2) is 32.4 Å². The predicted molar refractivity (Wildman–Crippen MR) is 83.0 cm³/mol. The van der Waals surface area contributed by atoms with Gasteiger partial charge in [0.25, 0.3) is 10.1 Å². The number of rotatable bonds is 3. The van der Waals surface area contributed by atoms with Gasteiger partial charge in [-0.05, 0) is 25.5 Å². The second-order valence-corrected chi connectivity index (χ2v) is 7.25. The molecule has 1 aliphatic rings. The van der Waals surface area contributed by atoms with E-state index in [2.05, 4.69) is 4.98 Å². The number of H-pyrrole nitrogens is 1. The predicted octanol–water partition coefficient (Wildman–Crippen LogP) is 1.42. The van der Waals surface area contributed by atoms with Gasteiger partial charge in [0.2, 0.25) is 5.56 Å². The Morgan fingerprint density at radius 1 is 1.32 bits per heavy atom. The molecule has 0 radical (unpaired) electrons. The number of aryl methyl sites for hydroxylation is 2. The summed E-state index contributed by atoms with van der Waals surface area (Å²) in [6.07, 6.45) is 1.24. The molecule has 1 N–H and O–H groups in total.